The van der Waals surface area contributed by atoms with Crippen LogP contribution in [0.15, 0.2) is 83.0 Å². The second kappa shape index (κ2) is 9.32. The van der Waals surface area contributed by atoms with Crippen molar-refractivity contribution < 1.29 is 19.4 Å². The largest absolute Gasteiger partial charge is 0.505 e. The third kappa shape index (κ3) is 4.43. The van der Waals surface area contributed by atoms with Crippen LogP contribution in [0, 0.1) is 6.92 Å². The van der Waals surface area contributed by atoms with Gasteiger partial charge in [0.1, 0.15) is 17.1 Å². The number of anilines is 1. The minimum Gasteiger partial charge on any atom is -0.505 e. The van der Waals surface area contributed by atoms with E-state index in [1.54, 1.807) is 48.5 Å². The van der Waals surface area contributed by atoms with Crippen LogP contribution >= 0.6 is 0 Å². The van der Waals surface area contributed by atoms with Crippen molar-refractivity contribution in [1.82, 2.24) is 0 Å². The molecule has 0 saturated carbocycles. The summed E-state index contributed by atoms with van der Waals surface area (Å²) in [6, 6.07) is 21.2. The van der Waals surface area contributed by atoms with Gasteiger partial charge in [0.15, 0.2) is 12.0 Å². The molecule has 0 aromatic heterocycles. The van der Waals surface area contributed by atoms with Crippen LogP contribution in [0.3, 0.4) is 0 Å². The van der Waals surface area contributed by atoms with E-state index in [1.165, 1.54) is 7.11 Å². The van der Waals surface area contributed by atoms with Gasteiger partial charge in [-0.05, 0) is 42.1 Å². The van der Waals surface area contributed by atoms with Crippen molar-refractivity contribution in [2.45, 2.75) is 6.92 Å². The van der Waals surface area contributed by atoms with Crippen molar-refractivity contribution in [3.63, 3.8) is 0 Å². The number of phenolic OH excluding ortho intramolecular Hbond substituents is 1. The first kappa shape index (κ1) is 21.7. The first-order valence-corrected chi connectivity index (χ1v) is 10.2. The highest BCUT2D eigenvalue weighted by Crippen LogP contribution is 2.40. The number of nitrogens with one attached hydrogen (secondary N) is 1. The zero-order chi connectivity index (χ0) is 23.4. The molecule has 0 spiro atoms. The summed E-state index contributed by atoms with van der Waals surface area (Å²) in [5.74, 6) is -0.0878. The van der Waals surface area contributed by atoms with Crippen molar-refractivity contribution in [2.24, 2.45) is 10.2 Å². The smallest absolute Gasteiger partial charge is 0.255 e. The van der Waals surface area contributed by atoms with Gasteiger partial charge in [0.2, 0.25) is 0 Å². The standard InChI is InChI=1S/C26H21N3O4/c1-16-12-22(23(33-2)14-21(16)27-26(32)17-8-4-3-5-9-17)28-29-24-20-11-7-6-10-18(20)13-19(15-30)25(24)31/h3-15,31H,1-2H3,(H,27,32)/b29-28+. The summed E-state index contributed by atoms with van der Waals surface area (Å²) in [5, 5.41) is 23.4. The van der Waals surface area contributed by atoms with E-state index in [-0.39, 0.29) is 22.9 Å². The van der Waals surface area contributed by atoms with E-state index in [1.807, 2.05) is 31.2 Å². The Balaban J connectivity index is 1.71. The molecule has 0 saturated heterocycles. The molecule has 0 unspecified atom stereocenters. The Bertz CT molecular complexity index is 1380. The summed E-state index contributed by atoms with van der Waals surface area (Å²) in [6.07, 6.45) is 0.579. The van der Waals surface area contributed by atoms with E-state index in [2.05, 4.69) is 15.5 Å². The maximum atomic E-state index is 12.5. The van der Waals surface area contributed by atoms with Crippen LogP contribution in [-0.2, 0) is 0 Å². The number of azo groups is 1. The summed E-state index contributed by atoms with van der Waals surface area (Å²) >= 11 is 0. The van der Waals surface area contributed by atoms with E-state index in [9.17, 15) is 14.7 Å². The van der Waals surface area contributed by atoms with Gasteiger partial charge in [-0.15, -0.1) is 10.2 Å². The number of phenols is 1. The number of rotatable bonds is 6. The minimum atomic E-state index is -0.241. The maximum absolute atomic E-state index is 12.5. The summed E-state index contributed by atoms with van der Waals surface area (Å²) < 4.78 is 5.46. The number of hydrogen-bond acceptors (Lipinski definition) is 6. The molecular weight excluding hydrogens is 418 g/mol. The first-order valence-electron chi connectivity index (χ1n) is 10.2. The van der Waals surface area contributed by atoms with E-state index < -0.39 is 0 Å². The SMILES string of the molecule is COc1cc(NC(=O)c2ccccc2)c(C)cc1/N=N/c1c(O)c(C=O)cc2ccccc12. The number of aromatic hydroxyl groups is 1. The van der Waals surface area contributed by atoms with E-state index in [4.69, 9.17) is 4.74 Å². The van der Waals surface area contributed by atoms with Crippen LogP contribution in [0.2, 0.25) is 0 Å². The average Bonchev–Trinajstić information content (AvgIpc) is 2.85. The zero-order valence-electron chi connectivity index (χ0n) is 18.1. The van der Waals surface area contributed by atoms with Gasteiger partial charge < -0.3 is 15.2 Å². The molecular formula is C26H21N3O4. The number of benzene rings is 4. The summed E-state index contributed by atoms with van der Waals surface area (Å²) in [6.45, 7) is 1.83. The first-order chi connectivity index (χ1) is 16.0. The van der Waals surface area contributed by atoms with Crippen molar-refractivity contribution in [3.8, 4) is 11.5 Å². The number of methoxy groups -OCH3 is 1. The summed E-state index contributed by atoms with van der Waals surface area (Å²) in [5.41, 5.74) is 2.60. The molecule has 4 rings (SSSR count). The van der Waals surface area contributed by atoms with E-state index in [0.717, 1.165) is 10.9 Å². The number of aryl methyl sites for hydroxylation is 1. The number of aldehydes is 1. The molecule has 33 heavy (non-hydrogen) atoms. The Morgan fingerprint density at radius 1 is 1.00 bits per heavy atom. The molecule has 0 heterocycles. The lowest BCUT2D eigenvalue weighted by Crippen LogP contribution is -2.12. The lowest BCUT2D eigenvalue weighted by molar-refractivity contribution is 0.102. The molecule has 0 aliphatic carbocycles. The second-order valence-corrected chi connectivity index (χ2v) is 7.36. The maximum Gasteiger partial charge on any atom is 0.255 e. The number of carbonyl (C=O) groups is 2. The zero-order valence-corrected chi connectivity index (χ0v) is 18.1. The molecule has 7 nitrogen and oxygen atoms in total. The van der Waals surface area contributed by atoms with Crippen molar-refractivity contribution in [3.05, 3.63) is 89.5 Å². The molecule has 164 valence electrons. The van der Waals surface area contributed by atoms with Crippen LogP contribution in [0.4, 0.5) is 17.1 Å². The fourth-order valence-electron chi connectivity index (χ4n) is 3.47. The second-order valence-electron chi connectivity index (χ2n) is 7.36. The van der Waals surface area contributed by atoms with Gasteiger partial charge in [-0.1, -0.05) is 42.5 Å². The van der Waals surface area contributed by atoms with Crippen LogP contribution in [-0.4, -0.2) is 24.4 Å². The molecule has 0 aliphatic heterocycles. The van der Waals surface area contributed by atoms with Crippen LogP contribution in [0.5, 0.6) is 11.5 Å². The number of ether oxygens (including phenoxy) is 1. The fraction of sp³-hybridized carbons (Fsp3) is 0.0769. The fourth-order valence-corrected chi connectivity index (χ4v) is 3.47. The van der Waals surface area contributed by atoms with E-state index >= 15 is 0 Å². The summed E-state index contributed by atoms with van der Waals surface area (Å²) in [4.78, 5) is 23.9. The van der Waals surface area contributed by atoms with Gasteiger partial charge in [0, 0.05) is 22.7 Å². The number of fused-ring (bicyclic) bond motifs is 1. The Hall–Kier alpha value is -4.52. The third-order valence-corrected chi connectivity index (χ3v) is 5.22. The number of amides is 1. The van der Waals surface area contributed by atoms with Crippen molar-refractivity contribution in [2.75, 3.05) is 12.4 Å². The molecule has 7 heteroatoms. The number of nitrogens with zero attached hydrogens (tertiary/aromatic N) is 2. The number of hydrogen-bond donors (Lipinski definition) is 2. The van der Waals surface area contributed by atoms with Gasteiger partial charge in [-0.2, -0.15) is 0 Å². The topological polar surface area (TPSA) is 100 Å². The molecule has 0 atom stereocenters. The molecule has 0 radical (unpaired) electrons. The quantitative estimate of drug-likeness (QED) is 0.270. The van der Waals surface area contributed by atoms with Crippen molar-refractivity contribution in [1.29, 1.82) is 0 Å². The molecule has 0 aliphatic rings. The third-order valence-electron chi connectivity index (χ3n) is 5.22. The Kier molecular flexibility index (Phi) is 6.13. The summed E-state index contributed by atoms with van der Waals surface area (Å²) in [7, 11) is 1.49. The predicted molar refractivity (Wildman–Crippen MR) is 127 cm³/mol. The lowest BCUT2D eigenvalue weighted by atomic mass is 10.0. The Morgan fingerprint density at radius 3 is 2.45 bits per heavy atom. The molecule has 2 N–H and O–H groups in total. The molecule has 4 aromatic rings. The van der Waals surface area contributed by atoms with Gasteiger partial charge in [-0.3, -0.25) is 9.59 Å². The number of carbonyl (C=O) groups excluding carboxylic acids is 2. The van der Waals surface area contributed by atoms with Gasteiger partial charge in [0.25, 0.3) is 5.91 Å². The van der Waals surface area contributed by atoms with E-state index in [0.29, 0.717) is 34.4 Å². The van der Waals surface area contributed by atoms with Crippen LogP contribution in [0.1, 0.15) is 26.3 Å². The highest BCUT2D eigenvalue weighted by Gasteiger charge is 2.14. The Labute approximate surface area is 190 Å². The molecule has 0 fully saturated rings. The van der Waals surface area contributed by atoms with Gasteiger partial charge in [-0.25, -0.2) is 0 Å². The van der Waals surface area contributed by atoms with Crippen LogP contribution < -0.4 is 10.1 Å². The highest BCUT2D eigenvalue weighted by atomic mass is 16.5. The molecule has 1 amide bonds. The normalized spacial score (nSPS) is 11.0. The van der Waals surface area contributed by atoms with Crippen molar-refractivity contribution >= 4 is 40.0 Å². The predicted octanol–water partition coefficient (Wildman–Crippen LogP) is 6.34. The molecule has 4 aromatic carbocycles. The Morgan fingerprint density at radius 2 is 1.73 bits per heavy atom. The monoisotopic (exact) mass is 439 g/mol. The molecule has 0 bridgehead atoms. The van der Waals surface area contributed by atoms with Crippen LogP contribution in [0.25, 0.3) is 10.8 Å². The van der Waals surface area contributed by atoms with Gasteiger partial charge in [0.05, 0.1) is 12.7 Å². The average molecular weight is 439 g/mol. The lowest BCUT2D eigenvalue weighted by Gasteiger charge is -2.12. The minimum absolute atomic E-state index is 0.129. The highest BCUT2D eigenvalue weighted by molar-refractivity contribution is 6.05. The van der Waals surface area contributed by atoms with Gasteiger partial charge >= 0.3 is 0 Å².